The first-order valence-corrected chi connectivity index (χ1v) is 9.33. The van der Waals surface area contributed by atoms with E-state index in [0.717, 1.165) is 31.4 Å². The van der Waals surface area contributed by atoms with Crippen LogP contribution in [0.1, 0.15) is 52.0 Å². The zero-order valence-corrected chi connectivity index (χ0v) is 15.4. The second-order valence-corrected chi connectivity index (χ2v) is 7.86. The molecular weight excluding hydrogens is 324 g/mol. The molecule has 1 aliphatic carbocycles. The van der Waals surface area contributed by atoms with Gasteiger partial charge in [0, 0.05) is 0 Å². The van der Waals surface area contributed by atoms with Crippen LogP contribution in [0.3, 0.4) is 0 Å². The number of terminal acetylenes is 1. The first-order chi connectivity index (χ1) is 11.4. The number of benzene rings is 1. The maximum absolute atomic E-state index is 11.7. The standard InChI is InChI=1S/C19H26O4S/c1-5-14-21-24(20)23-18-9-7-6-8-17(18)22-16-12-10-15(11-13-16)19(2,3)4/h1,10-13,17-18H,6-9,14H2,2-4H3/t17-,18-,24+/m0/s1. The van der Waals surface area contributed by atoms with Crippen molar-refractivity contribution < 1.29 is 17.3 Å². The van der Waals surface area contributed by atoms with Crippen LogP contribution < -0.4 is 4.74 Å². The summed E-state index contributed by atoms with van der Waals surface area (Å²) in [6.45, 7) is 6.51. The summed E-state index contributed by atoms with van der Waals surface area (Å²) in [6, 6.07) is 8.14. The summed E-state index contributed by atoms with van der Waals surface area (Å²) in [5, 5.41) is 0. The molecule has 1 aromatic rings. The lowest BCUT2D eigenvalue weighted by atomic mass is 9.87. The molecule has 0 aromatic heterocycles. The average molecular weight is 350 g/mol. The van der Waals surface area contributed by atoms with Crippen LogP contribution in [-0.2, 0) is 25.1 Å². The van der Waals surface area contributed by atoms with E-state index in [4.69, 9.17) is 19.5 Å². The van der Waals surface area contributed by atoms with Gasteiger partial charge in [0.15, 0.2) is 0 Å². The summed E-state index contributed by atoms with van der Waals surface area (Å²) in [6.07, 6.45) is 8.49. The van der Waals surface area contributed by atoms with E-state index in [9.17, 15) is 4.21 Å². The van der Waals surface area contributed by atoms with Crippen LogP contribution >= 0.6 is 0 Å². The third-order valence-corrected chi connectivity index (χ3v) is 4.81. The van der Waals surface area contributed by atoms with Gasteiger partial charge in [0.1, 0.15) is 24.6 Å². The van der Waals surface area contributed by atoms with Crippen molar-refractivity contribution in [2.75, 3.05) is 6.61 Å². The van der Waals surface area contributed by atoms with Gasteiger partial charge in [0.25, 0.3) is 0 Å². The number of ether oxygens (including phenoxy) is 1. The first kappa shape index (κ1) is 19.0. The van der Waals surface area contributed by atoms with E-state index in [1.165, 1.54) is 5.56 Å². The van der Waals surface area contributed by atoms with Crippen LogP contribution in [0, 0.1) is 12.3 Å². The van der Waals surface area contributed by atoms with Gasteiger partial charge in [-0.3, -0.25) is 8.37 Å². The predicted octanol–water partition coefficient (Wildman–Crippen LogP) is 3.92. The normalized spacial score (nSPS) is 22.6. The highest BCUT2D eigenvalue weighted by molar-refractivity contribution is 7.75. The van der Waals surface area contributed by atoms with E-state index in [1.54, 1.807) is 0 Å². The van der Waals surface area contributed by atoms with Gasteiger partial charge in [-0.15, -0.1) is 6.42 Å². The topological polar surface area (TPSA) is 44.8 Å². The number of rotatable bonds is 6. The van der Waals surface area contributed by atoms with Gasteiger partial charge in [-0.1, -0.05) is 45.2 Å². The van der Waals surface area contributed by atoms with E-state index < -0.39 is 11.4 Å². The number of hydrogen-bond donors (Lipinski definition) is 0. The fourth-order valence-corrected chi connectivity index (χ4v) is 3.37. The van der Waals surface area contributed by atoms with Gasteiger partial charge in [-0.2, -0.15) is 4.21 Å². The Labute approximate surface area is 147 Å². The Kier molecular flexibility index (Phi) is 6.85. The Morgan fingerprint density at radius 1 is 1.17 bits per heavy atom. The van der Waals surface area contributed by atoms with Crippen molar-refractivity contribution >= 4 is 11.4 Å². The molecule has 4 nitrogen and oxygen atoms in total. The van der Waals surface area contributed by atoms with Crippen molar-refractivity contribution in [3.8, 4) is 18.1 Å². The lowest BCUT2D eigenvalue weighted by Gasteiger charge is -2.30. The van der Waals surface area contributed by atoms with E-state index in [-0.39, 0.29) is 24.2 Å². The lowest BCUT2D eigenvalue weighted by molar-refractivity contribution is 0.0239. The fraction of sp³-hybridized carbons (Fsp3) is 0.579. The van der Waals surface area contributed by atoms with Crippen LogP contribution in [0.15, 0.2) is 24.3 Å². The molecule has 0 unspecified atom stereocenters. The summed E-state index contributed by atoms with van der Waals surface area (Å²) in [4.78, 5) is 0. The second kappa shape index (κ2) is 8.66. The highest BCUT2D eigenvalue weighted by atomic mass is 32.2. The van der Waals surface area contributed by atoms with Crippen molar-refractivity contribution in [1.82, 2.24) is 0 Å². The van der Waals surface area contributed by atoms with Crippen LogP contribution in [0.25, 0.3) is 0 Å². The molecule has 1 saturated carbocycles. The van der Waals surface area contributed by atoms with Crippen LogP contribution in [-0.4, -0.2) is 23.0 Å². The van der Waals surface area contributed by atoms with Crippen LogP contribution in [0.2, 0.25) is 0 Å². The third-order valence-electron chi connectivity index (χ3n) is 4.09. The zero-order chi connectivity index (χ0) is 17.6. The van der Waals surface area contributed by atoms with Crippen molar-refractivity contribution in [1.29, 1.82) is 0 Å². The molecule has 0 heterocycles. The minimum absolute atomic E-state index is 0.0287. The molecule has 2 rings (SSSR count). The molecule has 3 atom stereocenters. The average Bonchev–Trinajstić information content (AvgIpc) is 2.54. The van der Waals surface area contributed by atoms with Gasteiger partial charge in [-0.05, 0) is 42.4 Å². The fourth-order valence-electron chi connectivity index (χ4n) is 2.73. The maximum atomic E-state index is 11.7. The molecule has 1 aromatic carbocycles. The van der Waals surface area contributed by atoms with Gasteiger partial charge < -0.3 is 4.74 Å². The van der Waals surface area contributed by atoms with Crippen molar-refractivity contribution in [3.05, 3.63) is 29.8 Å². The molecule has 132 valence electrons. The summed E-state index contributed by atoms with van der Waals surface area (Å²) in [5.74, 6) is 3.08. The Balaban J connectivity index is 1.98. The van der Waals surface area contributed by atoms with E-state index in [2.05, 4.69) is 38.8 Å². The molecule has 24 heavy (non-hydrogen) atoms. The Morgan fingerprint density at radius 2 is 1.79 bits per heavy atom. The third kappa shape index (κ3) is 5.62. The van der Waals surface area contributed by atoms with Crippen LogP contribution in [0.4, 0.5) is 0 Å². The van der Waals surface area contributed by atoms with Crippen LogP contribution in [0.5, 0.6) is 5.75 Å². The minimum atomic E-state index is -1.83. The molecule has 0 aliphatic heterocycles. The number of hydrogen-bond acceptors (Lipinski definition) is 4. The molecule has 0 saturated heterocycles. The van der Waals surface area contributed by atoms with Crippen molar-refractivity contribution in [2.24, 2.45) is 0 Å². The molecule has 0 N–H and O–H groups in total. The molecule has 1 aliphatic rings. The molecule has 1 fully saturated rings. The Hall–Kier alpha value is -1.35. The minimum Gasteiger partial charge on any atom is -0.488 e. The van der Waals surface area contributed by atoms with E-state index in [0.29, 0.717) is 0 Å². The second-order valence-electron chi connectivity index (χ2n) is 7.02. The SMILES string of the molecule is C#CCO[S@@](=O)O[C@H]1CCCC[C@@H]1Oc1ccc(C(C)(C)C)cc1. The highest BCUT2D eigenvalue weighted by Crippen LogP contribution is 2.29. The van der Waals surface area contributed by atoms with Gasteiger partial charge >= 0.3 is 11.4 Å². The predicted molar refractivity (Wildman–Crippen MR) is 95.8 cm³/mol. The highest BCUT2D eigenvalue weighted by Gasteiger charge is 2.30. The first-order valence-electron chi connectivity index (χ1n) is 8.33. The molecule has 0 spiro atoms. The van der Waals surface area contributed by atoms with Gasteiger partial charge in [0.2, 0.25) is 0 Å². The molecule has 0 bridgehead atoms. The monoisotopic (exact) mass is 350 g/mol. The van der Waals surface area contributed by atoms with E-state index in [1.807, 2.05) is 12.1 Å². The molecule has 0 radical (unpaired) electrons. The van der Waals surface area contributed by atoms with Gasteiger partial charge in [-0.25, -0.2) is 0 Å². The molecular formula is C19H26O4S. The van der Waals surface area contributed by atoms with Crippen molar-refractivity contribution in [2.45, 2.75) is 64.1 Å². The largest absolute Gasteiger partial charge is 0.488 e. The Bertz CT molecular complexity index is 583. The summed E-state index contributed by atoms with van der Waals surface area (Å²) >= 11 is -1.83. The molecule has 0 amide bonds. The summed E-state index contributed by atoms with van der Waals surface area (Å²) in [7, 11) is 0. The van der Waals surface area contributed by atoms with E-state index >= 15 is 0 Å². The summed E-state index contributed by atoms with van der Waals surface area (Å²) in [5.41, 5.74) is 1.37. The van der Waals surface area contributed by atoms with Crippen molar-refractivity contribution in [3.63, 3.8) is 0 Å². The lowest BCUT2D eigenvalue weighted by Crippen LogP contribution is -2.37. The van der Waals surface area contributed by atoms with Gasteiger partial charge in [0.05, 0.1) is 0 Å². The maximum Gasteiger partial charge on any atom is 0.305 e. The zero-order valence-electron chi connectivity index (χ0n) is 14.6. The quantitative estimate of drug-likeness (QED) is 0.730. The molecule has 5 heteroatoms. The Morgan fingerprint density at radius 3 is 2.38 bits per heavy atom. The smallest absolute Gasteiger partial charge is 0.305 e. The summed E-state index contributed by atoms with van der Waals surface area (Å²) < 4.78 is 28.2.